The molecule has 3 aromatic heterocycles. The van der Waals surface area contributed by atoms with E-state index in [2.05, 4.69) is 30.6 Å². The number of amides is 1. The fourth-order valence-electron chi connectivity index (χ4n) is 4.50. The lowest BCUT2D eigenvalue weighted by atomic mass is 10.1. The number of halogens is 2. The Hall–Kier alpha value is -5.01. The van der Waals surface area contributed by atoms with E-state index in [1.165, 1.54) is 4.80 Å². The number of aromatic nitrogens is 8. The van der Waals surface area contributed by atoms with Gasteiger partial charge in [-0.1, -0.05) is 30.3 Å². The fraction of sp³-hybridized carbons (Fsp3) is 0.321. The summed E-state index contributed by atoms with van der Waals surface area (Å²) in [6.07, 6.45) is -2.51. The van der Waals surface area contributed by atoms with Crippen molar-refractivity contribution in [3.8, 4) is 34.2 Å². The predicted molar refractivity (Wildman–Crippen MR) is 145 cm³/mol. The second-order valence-electron chi connectivity index (χ2n) is 10.8. The molecular weight excluding hydrogens is 548 g/mol. The first-order valence-corrected chi connectivity index (χ1v) is 13.3. The van der Waals surface area contributed by atoms with Crippen LogP contribution >= 0.6 is 0 Å². The Morgan fingerprint density at radius 3 is 2.60 bits per heavy atom. The summed E-state index contributed by atoms with van der Waals surface area (Å²) >= 11 is 0. The van der Waals surface area contributed by atoms with Gasteiger partial charge in [-0.25, -0.2) is 9.78 Å². The molecule has 1 aliphatic heterocycles. The van der Waals surface area contributed by atoms with E-state index in [4.69, 9.17) is 14.1 Å². The number of H-pyrrole nitrogens is 1. The lowest BCUT2D eigenvalue weighted by Crippen LogP contribution is -2.39. The van der Waals surface area contributed by atoms with Crippen LogP contribution in [0, 0.1) is 0 Å². The van der Waals surface area contributed by atoms with E-state index in [1.807, 2.05) is 45.0 Å². The molecule has 6 rings (SSSR count). The second kappa shape index (κ2) is 10.8. The van der Waals surface area contributed by atoms with Crippen LogP contribution in [0.15, 0.2) is 52.9 Å². The van der Waals surface area contributed by atoms with Gasteiger partial charge in [0.15, 0.2) is 0 Å². The highest BCUT2D eigenvalue weighted by molar-refractivity contribution is 5.69. The number of ether oxygens (including phenoxy) is 1. The van der Waals surface area contributed by atoms with Crippen molar-refractivity contribution in [1.29, 1.82) is 0 Å². The molecule has 1 aliphatic rings. The summed E-state index contributed by atoms with van der Waals surface area (Å²) < 4.78 is 36.0. The van der Waals surface area contributed by atoms with Gasteiger partial charge in [-0.2, -0.15) is 13.6 Å². The summed E-state index contributed by atoms with van der Waals surface area (Å²) in [6, 6.07) is 14.7. The molecular formula is C28H27F2N9O3. The molecule has 2 aromatic carbocycles. The Labute approximate surface area is 238 Å². The molecule has 0 saturated heterocycles. The Balaban J connectivity index is 1.13. The molecule has 1 amide bonds. The molecule has 42 heavy (non-hydrogen) atoms. The van der Waals surface area contributed by atoms with Crippen molar-refractivity contribution >= 4 is 6.09 Å². The number of carbonyl (C=O) groups excluding carboxylic acids is 1. The van der Waals surface area contributed by atoms with Gasteiger partial charge >= 0.3 is 12.5 Å². The van der Waals surface area contributed by atoms with Gasteiger partial charge in [0, 0.05) is 35.3 Å². The number of tetrazole rings is 1. The summed E-state index contributed by atoms with van der Waals surface area (Å²) in [6.45, 7) is 6.82. The Morgan fingerprint density at radius 2 is 1.86 bits per heavy atom. The first kappa shape index (κ1) is 27.2. The van der Waals surface area contributed by atoms with Crippen LogP contribution in [0.3, 0.4) is 0 Å². The highest BCUT2D eigenvalue weighted by Gasteiger charge is 2.28. The van der Waals surface area contributed by atoms with Gasteiger partial charge in [0.25, 0.3) is 5.89 Å². The molecule has 0 aliphatic carbocycles. The van der Waals surface area contributed by atoms with Crippen LogP contribution in [0.5, 0.6) is 0 Å². The van der Waals surface area contributed by atoms with E-state index >= 15 is 0 Å². The summed E-state index contributed by atoms with van der Waals surface area (Å²) in [4.78, 5) is 23.8. The summed E-state index contributed by atoms with van der Waals surface area (Å²) in [7, 11) is 0. The maximum atomic E-state index is 12.7. The normalized spacial score (nSPS) is 13.4. The zero-order valence-corrected chi connectivity index (χ0v) is 23.1. The lowest BCUT2D eigenvalue weighted by molar-refractivity contribution is 0.0221. The van der Waals surface area contributed by atoms with Gasteiger partial charge in [0.05, 0.1) is 18.8 Å². The number of carbonyl (C=O) groups is 1. The second-order valence-corrected chi connectivity index (χ2v) is 10.8. The van der Waals surface area contributed by atoms with Crippen LogP contribution in [-0.4, -0.2) is 63.5 Å². The molecule has 0 atom stereocenters. The van der Waals surface area contributed by atoms with Gasteiger partial charge in [-0.3, -0.25) is 0 Å². The van der Waals surface area contributed by atoms with Gasteiger partial charge in [-0.05, 0) is 49.7 Å². The molecule has 0 bridgehead atoms. The van der Waals surface area contributed by atoms with E-state index in [1.54, 1.807) is 29.2 Å². The molecule has 0 unspecified atom stereocenters. The summed E-state index contributed by atoms with van der Waals surface area (Å²) in [5, 5.41) is 19.9. The molecule has 216 valence electrons. The Kier molecular flexibility index (Phi) is 6.96. The molecule has 0 saturated carbocycles. The zero-order chi connectivity index (χ0) is 29.4. The molecule has 0 fully saturated rings. The average Bonchev–Trinajstić information content (AvgIpc) is 3.72. The largest absolute Gasteiger partial charge is 0.444 e. The predicted octanol–water partition coefficient (Wildman–Crippen LogP) is 5.06. The average molecular weight is 576 g/mol. The van der Waals surface area contributed by atoms with Crippen LogP contribution in [0.25, 0.3) is 34.2 Å². The number of imidazole rings is 1. The number of nitrogens with one attached hydrogen (secondary N) is 1. The molecule has 5 aromatic rings. The SMILES string of the molecule is CC(C)(C)OC(=O)N1CCc2[nH]c(-c3cccc(-c4nnn(Cc5ccc(-c6nnc(C(F)F)o6)cc5)n4)c3)nc2C1. The zero-order valence-electron chi connectivity index (χ0n) is 23.1. The number of alkyl halides is 2. The minimum Gasteiger partial charge on any atom is -0.444 e. The summed E-state index contributed by atoms with van der Waals surface area (Å²) in [5.74, 6) is 0.457. The highest BCUT2D eigenvalue weighted by atomic mass is 19.3. The highest BCUT2D eigenvalue weighted by Crippen LogP contribution is 2.27. The van der Waals surface area contributed by atoms with Crippen molar-refractivity contribution in [2.45, 2.75) is 52.3 Å². The van der Waals surface area contributed by atoms with Crippen LogP contribution in [0.4, 0.5) is 13.6 Å². The van der Waals surface area contributed by atoms with Gasteiger partial charge in [0.2, 0.25) is 11.7 Å². The van der Waals surface area contributed by atoms with E-state index in [-0.39, 0.29) is 12.0 Å². The molecule has 12 nitrogen and oxygen atoms in total. The molecule has 0 radical (unpaired) electrons. The van der Waals surface area contributed by atoms with Crippen molar-refractivity contribution in [2.24, 2.45) is 0 Å². The number of benzene rings is 2. The smallest absolute Gasteiger partial charge is 0.410 e. The van der Waals surface area contributed by atoms with E-state index < -0.39 is 17.9 Å². The molecule has 0 spiro atoms. The maximum absolute atomic E-state index is 12.7. The van der Waals surface area contributed by atoms with Gasteiger partial charge in [-0.15, -0.1) is 20.4 Å². The van der Waals surface area contributed by atoms with Crippen LogP contribution in [0.1, 0.15) is 50.0 Å². The molecule has 4 heterocycles. The number of aromatic amines is 1. The van der Waals surface area contributed by atoms with E-state index in [0.29, 0.717) is 43.3 Å². The quantitative estimate of drug-likeness (QED) is 0.294. The number of hydrogen-bond donors (Lipinski definition) is 1. The topological polar surface area (TPSA) is 141 Å². The first-order chi connectivity index (χ1) is 20.1. The van der Waals surface area contributed by atoms with Crippen LogP contribution < -0.4 is 0 Å². The van der Waals surface area contributed by atoms with E-state index in [9.17, 15) is 13.6 Å². The molecule has 14 heteroatoms. The lowest BCUT2D eigenvalue weighted by Gasteiger charge is -2.29. The number of hydrogen-bond acceptors (Lipinski definition) is 9. The number of nitrogens with zero attached hydrogens (tertiary/aromatic N) is 8. The third kappa shape index (κ3) is 5.87. The summed E-state index contributed by atoms with van der Waals surface area (Å²) in [5.41, 5.74) is 4.27. The van der Waals surface area contributed by atoms with Gasteiger partial charge < -0.3 is 19.0 Å². The van der Waals surface area contributed by atoms with Crippen molar-refractivity contribution in [3.05, 3.63) is 71.4 Å². The Bertz CT molecular complexity index is 1720. The standard InChI is InChI=1S/C28H27F2N9O3/c1-28(2,3)42-27(40)38-12-11-20-21(15-38)32-23(31-20)18-5-4-6-19(13-18)24-33-37-39(36-24)14-16-7-9-17(10-8-16)25-34-35-26(41-25)22(29)30/h4-10,13,22H,11-12,14-15H2,1-3H3,(H,31,32). The first-order valence-electron chi connectivity index (χ1n) is 13.3. The maximum Gasteiger partial charge on any atom is 0.410 e. The molecule has 1 N–H and O–H groups in total. The van der Waals surface area contributed by atoms with Crippen LogP contribution in [0.2, 0.25) is 0 Å². The van der Waals surface area contributed by atoms with Crippen molar-refractivity contribution < 1.29 is 22.7 Å². The fourth-order valence-corrected chi connectivity index (χ4v) is 4.50. The Morgan fingerprint density at radius 1 is 1.07 bits per heavy atom. The monoisotopic (exact) mass is 575 g/mol. The number of fused-ring (bicyclic) bond motifs is 1. The van der Waals surface area contributed by atoms with Gasteiger partial charge in [0.1, 0.15) is 11.4 Å². The third-order valence-corrected chi connectivity index (χ3v) is 6.49. The third-order valence-electron chi connectivity index (χ3n) is 6.49. The van der Waals surface area contributed by atoms with E-state index in [0.717, 1.165) is 28.1 Å². The minimum absolute atomic E-state index is 0.0238. The van der Waals surface area contributed by atoms with Crippen molar-refractivity contribution in [2.75, 3.05) is 6.54 Å². The minimum atomic E-state index is -2.82. The van der Waals surface area contributed by atoms with Crippen LogP contribution in [-0.2, 0) is 24.2 Å². The van der Waals surface area contributed by atoms with Crippen molar-refractivity contribution in [1.82, 2.24) is 45.3 Å². The van der Waals surface area contributed by atoms with Crippen molar-refractivity contribution in [3.63, 3.8) is 0 Å². The number of rotatable bonds is 6.